The van der Waals surface area contributed by atoms with Crippen molar-refractivity contribution in [3.05, 3.63) is 29.3 Å². The van der Waals surface area contributed by atoms with E-state index in [9.17, 15) is 4.79 Å². The maximum Gasteiger partial charge on any atom is 0.317 e. The number of nitrogens with zero attached hydrogens (tertiary/aromatic N) is 2. The monoisotopic (exact) mass is 291 g/mol. The second-order valence-electron chi connectivity index (χ2n) is 5.38. The van der Waals surface area contributed by atoms with E-state index in [-0.39, 0.29) is 6.03 Å². The molecular formula is C16H25N3O2. The maximum absolute atomic E-state index is 12.2. The fraction of sp³-hybridized carbons (Fsp3) is 0.562. The topological polar surface area (TPSA) is 44.8 Å². The number of methoxy groups -OCH3 is 1. The van der Waals surface area contributed by atoms with Crippen molar-refractivity contribution < 1.29 is 9.53 Å². The van der Waals surface area contributed by atoms with Crippen LogP contribution in [0.5, 0.6) is 5.75 Å². The molecule has 0 saturated carbocycles. The number of hydrogen-bond donors (Lipinski definition) is 1. The summed E-state index contributed by atoms with van der Waals surface area (Å²) in [6, 6.07) is 6.03. The minimum absolute atomic E-state index is 0.0188. The first kappa shape index (κ1) is 15.6. The second kappa shape index (κ2) is 7.31. The van der Waals surface area contributed by atoms with Crippen LogP contribution in [0.4, 0.5) is 4.79 Å². The number of nitrogens with one attached hydrogen (secondary N) is 1. The Labute approximate surface area is 126 Å². The Kier molecular flexibility index (Phi) is 5.44. The molecule has 0 radical (unpaired) electrons. The van der Waals surface area contributed by atoms with Crippen LogP contribution in [0, 0.1) is 6.92 Å². The summed E-state index contributed by atoms with van der Waals surface area (Å²) >= 11 is 0. The summed E-state index contributed by atoms with van der Waals surface area (Å²) in [5.74, 6) is 0.860. The van der Waals surface area contributed by atoms with E-state index in [1.165, 1.54) is 0 Å². The molecule has 0 aliphatic carbocycles. The van der Waals surface area contributed by atoms with Crippen LogP contribution < -0.4 is 10.1 Å². The average Bonchev–Trinajstić information content (AvgIpc) is 2.53. The zero-order chi connectivity index (χ0) is 15.2. The molecule has 1 N–H and O–H groups in total. The van der Waals surface area contributed by atoms with Gasteiger partial charge in [0.1, 0.15) is 5.75 Å². The molecule has 5 heteroatoms. The zero-order valence-corrected chi connectivity index (χ0v) is 13.2. The van der Waals surface area contributed by atoms with E-state index in [4.69, 9.17) is 4.74 Å². The van der Waals surface area contributed by atoms with Gasteiger partial charge < -0.3 is 19.9 Å². The van der Waals surface area contributed by atoms with E-state index < -0.39 is 0 Å². The molecule has 0 atom stereocenters. The molecule has 0 unspecified atom stereocenters. The lowest BCUT2D eigenvalue weighted by molar-refractivity contribution is 0.142. The molecule has 1 aromatic carbocycles. The number of amides is 2. The van der Waals surface area contributed by atoms with Gasteiger partial charge in [-0.3, -0.25) is 0 Å². The summed E-state index contributed by atoms with van der Waals surface area (Å²) in [6.07, 6.45) is 0. The summed E-state index contributed by atoms with van der Waals surface area (Å²) in [5, 5.41) is 2.99. The van der Waals surface area contributed by atoms with E-state index in [1.807, 2.05) is 30.0 Å². The van der Waals surface area contributed by atoms with Crippen LogP contribution in [0.15, 0.2) is 18.2 Å². The number of carbonyl (C=O) groups excluding carboxylic acids is 1. The third-order valence-corrected chi connectivity index (χ3v) is 4.02. The zero-order valence-electron chi connectivity index (χ0n) is 13.2. The molecule has 2 rings (SSSR count). The molecule has 21 heavy (non-hydrogen) atoms. The minimum atomic E-state index is 0.0188. The number of piperazine rings is 1. The molecule has 116 valence electrons. The van der Waals surface area contributed by atoms with Gasteiger partial charge in [-0.05, 0) is 30.7 Å². The molecule has 1 aromatic rings. The molecule has 1 aliphatic rings. The van der Waals surface area contributed by atoms with Gasteiger partial charge in [-0.2, -0.15) is 0 Å². The largest absolute Gasteiger partial charge is 0.496 e. The highest BCUT2D eigenvalue weighted by Gasteiger charge is 2.19. The van der Waals surface area contributed by atoms with Gasteiger partial charge in [-0.15, -0.1) is 0 Å². The van der Waals surface area contributed by atoms with Crippen LogP contribution in [-0.2, 0) is 6.54 Å². The van der Waals surface area contributed by atoms with Gasteiger partial charge in [-0.1, -0.05) is 19.1 Å². The van der Waals surface area contributed by atoms with Crippen molar-refractivity contribution in [1.29, 1.82) is 0 Å². The highest BCUT2D eigenvalue weighted by Crippen LogP contribution is 2.18. The molecule has 0 spiro atoms. The Morgan fingerprint density at radius 3 is 2.62 bits per heavy atom. The third-order valence-electron chi connectivity index (χ3n) is 4.02. The second-order valence-corrected chi connectivity index (χ2v) is 5.38. The van der Waals surface area contributed by atoms with Crippen molar-refractivity contribution in [3.8, 4) is 5.75 Å². The van der Waals surface area contributed by atoms with Crippen molar-refractivity contribution in [2.75, 3.05) is 39.8 Å². The van der Waals surface area contributed by atoms with Gasteiger partial charge in [0.2, 0.25) is 0 Å². The first-order valence-corrected chi connectivity index (χ1v) is 7.52. The highest BCUT2D eigenvalue weighted by molar-refractivity contribution is 5.74. The van der Waals surface area contributed by atoms with E-state index >= 15 is 0 Å². The number of aryl methyl sites for hydroxylation is 1. The van der Waals surface area contributed by atoms with Crippen LogP contribution in [0.25, 0.3) is 0 Å². The van der Waals surface area contributed by atoms with Crippen LogP contribution in [-0.4, -0.2) is 55.7 Å². The van der Waals surface area contributed by atoms with Gasteiger partial charge in [0.15, 0.2) is 0 Å². The lowest BCUT2D eigenvalue weighted by atomic mass is 10.1. The van der Waals surface area contributed by atoms with Gasteiger partial charge >= 0.3 is 6.03 Å². The maximum atomic E-state index is 12.2. The molecule has 0 bridgehead atoms. The van der Waals surface area contributed by atoms with Crippen molar-refractivity contribution in [3.63, 3.8) is 0 Å². The highest BCUT2D eigenvalue weighted by atomic mass is 16.5. The minimum Gasteiger partial charge on any atom is -0.496 e. The van der Waals surface area contributed by atoms with Crippen molar-refractivity contribution in [2.24, 2.45) is 0 Å². The summed E-state index contributed by atoms with van der Waals surface area (Å²) in [6.45, 7) is 9.27. The van der Waals surface area contributed by atoms with E-state index in [1.54, 1.807) is 7.11 Å². The molecule has 1 saturated heterocycles. The molecule has 0 aromatic heterocycles. The number of hydrogen-bond acceptors (Lipinski definition) is 3. The predicted octanol–water partition coefficient (Wildman–Crippen LogP) is 1.85. The summed E-state index contributed by atoms with van der Waals surface area (Å²) < 4.78 is 5.30. The normalized spacial score (nSPS) is 15.9. The SMILES string of the molecule is CCN1CCN(C(=O)NCc2ccc(C)c(OC)c2)CC1. The van der Waals surface area contributed by atoms with Crippen molar-refractivity contribution in [1.82, 2.24) is 15.1 Å². The quantitative estimate of drug-likeness (QED) is 0.921. The first-order chi connectivity index (χ1) is 10.1. The molecule has 1 fully saturated rings. The fourth-order valence-electron chi connectivity index (χ4n) is 2.53. The summed E-state index contributed by atoms with van der Waals surface area (Å²) in [5.41, 5.74) is 2.15. The summed E-state index contributed by atoms with van der Waals surface area (Å²) in [7, 11) is 1.66. The molecule has 1 aliphatic heterocycles. The van der Waals surface area contributed by atoms with Crippen LogP contribution in [0.2, 0.25) is 0 Å². The number of likely N-dealkylation sites (N-methyl/N-ethyl adjacent to an activating group) is 1. The van der Waals surface area contributed by atoms with Crippen molar-refractivity contribution >= 4 is 6.03 Å². The lowest BCUT2D eigenvalue weighted by Gasteiger charge is -2.34. The van der Waals surface area contributed by atoms with Gasteiger partial charge in [0.25, 0.3) is 0 Å². The molecule has 5 nitrogen and oxygen atoms in total. The fourth-order valence-corrected chi connectivity index (χ4v) is 2.53. The standard InChI is InChI=1S/C16H25N3O2/c1-4-18-7-9-19(10-8-18)16(20)17-12-14-6-5-13(2)15(11-14)21-3/h5-6,11H,4,7-10,12H2,1-3H3,(H,17,20). The van der Waals surface area contributed by atoms with E-state index in [0.717, 1.165) is 49.6 Å². The van der Waals surface area contributed by atoms with Gasteiger partial charge in [-0.25, -0.2) is 4.79 Å². The Morgan fingerprint density at radius 2 is 2.00 bits per heavy atom. The van der Waals surface area contributed by atoms with Gasteiger partial charge in [0, 0.05) is 32.7 Å². The molecule has 1 heterocycles. The Bertz CT molecular complexity index is 482. The van der Waals surface area contributed by atoms with E-state index in [0.29, 0.717) is 6.54 Å². The number of benzene rings is 1. The Hall–Kier alpha value is -1.75. The predicted molar refractivity (Wildman–Crippen MR) is 83.7 cm³/mol. The summed E-state index contributed by atoms with van der Waals surface area (Å²) in [4.78, 5) is 16.4. The Morgan fingerprint density at radius 1 is 1.29 bits per heavy atom. The number of rotatable bonds is 4. The number of carbonyl (C=O) groups is 1. The Balaban J connectivity index is 1.84. The van der Waals surface area contributed by atoms with Crippen LogP contribution in [0.1, 0.15) is 18.1 Å². The van der Waals surface area contributed by atoms with Gasteiger partial charge in [0.05, 0.1) is 7.11 Å². The lowest BCUT2D eigenvalue weighted by Crippen LogP contribution is -2.51. The van der Waals surface area contributed by atoms with Crippen LogP contribution >= 0.6 is 0 Å². The first-order valence-electron chi connectivity index (χ1n) is 7.52. The average molecular weight is 291 g/mol. The molecular weight excluding hydrogens is 266 g/mol. The van der Waals surface area contributed by atoms with Crippen molar-refractivity contribution in [2.45, 2.75) is 20.4 Å². The third kappa shape index (κ3) is 4.11. The van der Waals surface area contributed by atoms with E-state index in [2.05, 4.69) is 17.1 Å². The number of urea groups is 1. The van der Waals surface area contributed by atoms with Crippen LogP contribution in [0.3, 0.4) is 0 Å². The smallest absolute Gasteiger partial charge is 0.317 e. The molecule has 2 amide bonds. The number of ether oxygens (including phenoxy) is 1.